The first kappa shape index (κ1) is 15.4. The van der Waals surface area contributed by atoms with Crippen LogP contribution >= 0.6 is 0 Å². The van der Waals surface area contributed by atoms with E-state index < -0.39 is 11.7 Å². The van der Waals surface area contributed by atoms with E-state index in [1.807, 2.05) is 24.8 Å². The van der Waals surface area contributed by atoms with Crippen molar-refractivity contribution in [3.05, 3.63) is 29.3 Å². The molecule has 0 fully saturated rings. The second-order valence-electron chi connectivity index (χ2n) is 4.33. The lowest BCUT2D eigenvalue weighted by Gasteiger charge is -2.25. The van der Waals surface area contributed by atoms with Crippen LogP contribution in [0.5, 0.6) is 0 Å². The molecule has 0 unspecified atom stereocenters. The highest BCUT2D eigenvalue weighted by molar-refractivity contribution is 5.60. The van der Waals surface area contributed by atoms with Gasteiger partial charge in [-0.25, -0.2) is 0 Å². The van der Waals surface area contributed by atoms with E-state index in [0.29, 0.717) is 5.69 Å². The lowest BCUT2D eigenvalue weighted by Crippen LogP contribution is -2.26. The van der Waals surface area contributed by atoms with Gasteiger partial charge >= 0.3 is 6.18 Å². The van der Waals surface area contributed by atoms with E-state index in [9.17, 15) is 13.2 Å². The van der Waals surface area contributed by atoms with E-state index in [2.05, 4.69) is 0 Å². The number of rotatable bonds is 5. The van der Waals surface area contributed by atoms with Gasteiger partial charge in [-0.05, 0) is 31.0 Å². The molecule has 0 atom stereocenters. The molecule has 0 saturated carbocycles. The summed E-state index contributed by atoms with van der Waals surface area (Å²) in [5, 5.41) is 9.05. The fourth-order valence-electron chi connectivity index (χ4n) is 1.97. The molecule has 0 bridgehead atoms. The Labute approximate surface area is 111 Å². The van der Waals surface area contributed by atoms with Crippen molar-refractivity contribution in [2.75, 3.05) is 18.0 Å². The van der Waals surface area contributed by atoms with Crippen LogP contribution in [0.25, 0.3) is 0 Å². The molecule has 0 heterocycles. The number of nitrogens with zero attached hydrogens (tertiary/aromatic N) is 2. The van der Waals surface area contributed by atoms with Gasteiger partial charge in [0.25, 0.3) is 0 Å². The molecule has 0 aliphatic rings. The summed E-state index contributed by atoms with van der Waals surface area (Å²) in [4.78, 5) is 1.96. The summed E-state index contributed by atoms with van der Waals surface area (Å²) >= 11 is 0. The van der Waals surface area contributed by atoms with Gasteiger partial charge in [0, 0.05) is 13.1 Å². The largest absolute Gasteiger partial charge is 0.416 e. The van der Waals surface area contributed by atoms with Crippen molar-refractivity contribution in [2.24, 2.45) is 0 Å². The summed E-state index contributed by atoms with van der Waals surface area (Å²) in [7, 11) is 0. The van der Waals surface area contributed by atoms with E-state index in [-0.39, 0.29) is 5.56 Å². The second kappa shape index (κ2) is 6.46. The van der Waals surface area contributed by atoms with E-state index in [1.54, 1.807) is 0 Å². The van der Waals surface area contributed by atoms with E-state index in [0.717, 1.165) is 38.1 Å². The third-order valence-electron chi connectivity index (χ3n) is 2.77. The smallest absolute Gasteiger partial charge is 0.370 e. The first-order valence-electron chi connectivity index (χ1n) is 6.30. The summed E-state index contributed by atoms with van der Waals surface area (Å²) in [5.41, 5.74) is -0.114. The topological polar surface area (TPSA) is 27.0 Å². The van der Waals surface area contributed by atoms with Crippen LogP contribution in [0.4, 0.5) is 18.9 Å². The molecule has 0 aliphatic heterocycles. The quantitative estimate of drug-likeness (QED) is 0.801. The molecule has 0 amide bonds. The maximum atomic E-state index is 12.6. The Morgan fingerprint density at radius 2 is 1.74 bits per heavy atom. The van der Waals surface area contributed by atoms with Gasteiger partial charge < -0.3 is 4.90 Å². The third kappa shape index (κ3) is 3.88. The highest BCUT2D eigenvalue weighted by Crippen LogP contribution is 2.32. The van der Waals surface area contributed by atoms with E-state index in [4.69, 9.17) is 5.26 Å². The number of hydrogen-bond donors (Lipinski definition) is 0. The fourth-order valence-corrected chi connectivity index (χ4v) is 1.97. The van der Waals surface area contributed by atoms with Crippen LogP contribution in [0.1, 0.15) is 37.8 Å². The van der Waals surface area contributed by atoms with Gasteiger partial charge in [-0.3, -0.25) is 0 Å². The molecular weight excluding hydrogens is 253 g/mol. The van der Waals surface area contributed by atoms with Gasteiger partial charge in [0.2, 0.25) is 0 Å². The Morgan fingerprint density at radius 1 is 1.16 bits per heavy atom. The Kier molecular flexibility index (Phi) is 5.22. The minimum atomic E-state index is -4.41. The average molecular weight is 270 g/mol. The number of halogens is 3. The summed E-state index contributed by atoms with van der Waals surface area (Å²) in [6.07, 6.45) is -2.65. The maximum Gasteiger partial charge on any atom is 0.416 e. The van der Waals surface area contributed by atoms with Crippen LogP contribution in [0.3, 0.4) is 0 Å². The predicted octanol–water partition coefficient (Wildman–Crippen LogP) is 4.20. The summed E-state index contributed by atoms with van der Waals surface area (Å²) in [6, 6.07) is 5.22. The van der Waals surface area contributed by atoms with Gasteiger partial charge in [0.05, 0.1) is 16.8 Å². The van der Waals surface area contributed by atoms with Gasteiger partial charge in [0.1, 0.15) is 6.07 Å². The van der Waals surface area contributed by atoms with E-state index >= 15 is 0 Å². The van der Waals surface area contributed by atoms with Gasteiger partial charge in [0.15, 0.2) is 0 Å². The van der Waals surface area contributed by atoms with Crippen LogP contribution in [-0.2, 0) is 6.18 Å². The molecule has 0 aliphatic carbocycles. The SMILES string of the molecule is CCCN(CCC)c1ccc(C(F)(F)F)cc1C#N. The maximum absolute atomic E-state index is 12.6. The Balaban J connectivity index is 3.18. The summed E-state index contributed by atoms with van der Waals surface area (Å²) < 4.78 is 37.8. The summed E-state index contributed by atoms with van der Waals surface area (Å²) in [6.45, 7) is 5.46. The minimum Gasteiger partial charge on any atom is -0.370 e. The fraction of sp³-hybridized carbons (Fsp3) is 0.500. The van der Waals surface area contributed by atoms with Crippen LogP contribution < -0.4 is 4.90 Å². The highest BCUT2D eigenvalue weighted by Gasteiger charge is 2.31. The van der Waals surface area contributed by atoms with Crippen molar-refractivity contribution >= 4 is 5.69 Å². The molecule has 1 aromatic carbocycles. The zero-order valence-electron chi connectivity index (χ0n) is 11.1. The molecule has 2 nitrogen and oxygen atoms in total. The summed E-state index contributed by atoms with van der Waals surface area (Å²) in [5.74, 6) is 0. The van der Waals surface area contributed by atoms with Crippen LogP contribution in [0.15, 0.2) is 18.2 Å². The van der Waals surface area contributed by atoms with Crippen molar-refractivity contribution in [2.45, 2.75) is 32.9 Å². The van der Waals surface area contributed by atoms with Crippen molar-refractivity contribution in [3.8, 4) is 6.07 Å². The average Bonchev–Trinajstić information content (AvgIpc) is 2.36. The molecule has 0 spiro atoms. The molecule has 0 saturated heterocycles. The molecule has 1 aromatic rings. The van der Waals surface area contributed by atoms with Crippen LogP contribution in [-0.4, -0.2) is 13.1 Å². The van der Waals surface area contributed by atoms with Gasteiger partial charge in [-0.1, -0.05) is 13.8 Å². The monoisotopic (exact) mass is 270 g/mol. The Morgan fingerprint density at radius 3 is 2.16 bits per heavy atom. The van der Waals surface area contributed by atoms with Crippen molar-refractivity contribution in [3.63, 3.8) is 0 Å². The number of anilines is 1. The Bertz CT molecular complexity index is 455. The molecular formula is C14H17F3N2. The molecule has 104 valence electrons. The van der Waals surface area contributed by atoms with E-state index in [1.165, 1.54) is 6.07 Å². The molecule has 19 heavy (non-hydrogen) atoms. The van der Waals surface area contributed by atoms with Crippen molar-refractivity contribution < 1.29 is 13.2 Å². The normalized spacial score (nSPS) is 11.2. The minimum absolute atomic E-state index is 0.0803. The van der Waals surface area contributed by atoms with Gasteiger partial charge in [-0.2, -0.15) is 18.4 Å². The number of nitriles is 1. The second-order valence-corrected chi connectivity index (χ2v) is 4.33. The van der Waals surface area contributed by atoms with Gasteiger partial charge in [-0.15, -0.1) is 0 Å². The first-order chi connectivity index (χ1) is 8.93. The lowest BCUT2D eigenvalue weighted by molar-refractivity contribution is -0.137. The number of hydrogen-bond acceptors (Lipinski definition) is 2. The van der Waals surface area contributed by atoms with Crippen molar-refractivity contribution in [1.29, 1.82) is 5.26 Å². The zero-order chi connectivity index (χ0) is 14.5. The molecule has 0 radical (unpaired) electrons. The van der Waals surface area contributed by atoms with Crippen molar-refractivity contribution in [1.82, 2.24) is 0 Å². The van der Waals surface area contributed by atoms with Crippen LogP contribution in [0, 0.1) is 11.3 Å². The number of alkyl halides is 3. The molecule has 0 N–H and O–H groups in total. The predicted molar refractivity (Wildman–Crippen MR) is 69.0 cm³/mol. The van der Waals surface area contributed by atoms with Crippen LogP contribution in [0.2, 0.25) is 0 Å². The molecule has 5 heteroatoms. The molecule has 0 aromatic heterocycles. The lowest BCUT2D eigenvalue weighted by atomic mass is 10.1. The highest BCUT2D eigenvalue weighted by atomic mass is 19.4. The standard InChI is InChI=1S/C14H17F3N2/c1-3-7-19(8-4-2)13-6-5-12(14(15,16)17)9-11(13)10-18/h5-6,9H,3-4,7-8H2,1-2H3. The third-order valence-corrected chi connectivity index (χ3v) is 2.77. The molecule has 1 rings (SSSR count). The zero-order valence-corrected chi connectivity index (χ0v) is 11.1. The first-order valence-corrected chi connectivity index (χ1v) is 6.30. The number of benzene rings is 1. The Hall–Kier alpha value is -1.70.